The topological polar surface area (TPSA) is 114 Å². The second kappa shape index (κ2) is 12.9. The molecule has 1 aliphatic carbocycles. The van der Waals surface area contributed by atoms with Crippen LogP contribution in [0.2, 0.25) is 0 Å². The molecule has 0 radical (unpaired) electrons. The number of alkyl halides is 6. The van der Waals surface area contributed by atoms with E-state index < -0.39 is 24.3 Å². The van der Waals surface area contributed by atoms with E-state index >= 15 is 0 Å². The lowest BCUT2D eigenvalue weighted by Gasteiger charge is -2.22. The molecule has 15 heteroatoms. The van der Waals surface area contributed by atoms with Crippen LogP contribution in [0.4, 0.5) is 30.7 Å². The van der Waals surface area contributed by atoms with Crippen LogP contribution in [0.5, 0.6) is 0 Å². The molecular formula is C22H24F7N3O5. The van der Waals surface area contributed by atoms with Gasteiger partial charge in [-0.1, -0.05) is 12.1 Å². The molecule has 206 valence electrons. The van der Waals surface area contributed by atoms with Crippen molar-refractivity contribution < 1.29 is 55.3 Å². The van der Waals surface area contributed by atoms with Crippen molar-refractivity contribution in [2.75, 3.05) is 13.2 Å². The SMILES string of the molecule is Fc1ccc(CNCC2OCCc3cn(CC4CC4)nc32)cc1.O=C(O)C(F)(F)F.O=C(O)C(F)(F)F. The second-order valence-corrected chi connectivity index (χ2v) is 8.18. The summed E-state index contributed by atoms with van der Waals surface area (Å²) < 4.78 is 84.4. The normalized spacial score (nSPS) is 17.0. The van der Waals surface area contributed by atoms with Crippen molar-refractivity contribution in [2.45, 2.75) is 50.8 Å². The molecule has 0 saturated heterocycles. The summed E-state index contributed by atoms with van der Waals surface area (Å²) in [6, 6.07) is 6.59. The van der Waals surface area contributed by atoms with Crippen molar-refractivity contribution >= 4 is 11.9 Å². The minimum atomic E-state index is -5.08. The predicted octanol–water partition coefficient (Wildman–Crippen LogP) is 4.10. The van der Waals surface area contributed by atoms with Gasteiger partial charge in [0, 0.05) is 25.8 Å². The minimum absolute atomic E-state index is 0.0136. The van der Waals surface area contributed by atoms with Crippen LogP contribution in [0.25, 0.3) is 0 Å². The van der Waals surface area contributed by atoms with Crippen LogP contribution >= 0.6 is 0 Å². The molecule has 2 heterocycles. The number of halogens is 7. The van der Waals surface area contributed by atoms with E-state index in [1.165, 1.54) is 30.5 Å². The first-order valence-corrected chi connectivity index (χ1v) is 10.9. The molecule has 1 aliphatic heterocycles. The largest absolute Gasteiger partial charge is 0.490 e. The fourth-order valence-electron chi connectivity index (χ4n) is 3.10. The smallest absolute Gasteiger partial charge is 0.475 e. The molecule has 37 heavy (non-hydrogen) atoms. The molecule has 3 N–H and O–H groups in total. The summed E-state index contributed by atoms with van der Waals surface area (Å²) in [4.78, 5) is 17.8. The third-order valence-corrected chi connectivity index (χ3v) is 5.06. The van der Waals surface area contributed by atoms with Crippen LogP contribution in [0, 0.1) is 11.7 Å². The summed E-state index contributed by atoms with van der Waals surface area (Å²) in [7, 11) is 0. The second-order valence-electron chi connectivity index (χ2n) is 8.18. The van der Waals surface area contributed by atoms with E-state index in [0.29, 0.717) is 6.54 Å². The third kappa shape index (κ3) is 10.8. The Kier molecular flexibility index (Phi) is 10.4. The first-order valence-electron chi connectivity index (χ1n) is 10.9. The predicted molar refractivity (Wildman–Crippen MR) is 113 cm³/mol. The van der Waals surface area contributed by atoms with Crippen molar-refractivity contribution in [1.29, 1.82) is 0 Å². The Morgan fingerprint density at radius 1 is 1.03 bits per heavy atom. The molecule has 0 bridgehead atoms. The Morgan fingerprint density at radius 3 is 2.05 bits per heavy atom. The van der Waals surface area contributed by atoms with Crippen LogP contribution in [0.1, 0.15) is 35.8 Å². The van der Waals surface area contributed by atoms with E-state index in [2.05, 4.69) is 16.2 Å². The molecule has 2 aliphatic rings. The number of benzene rings is 1. The number of nitrogens with zero attached hydrogens (tertiary/aromatic N) is 2. The number of ether oxygens (including phenoxy) is 1. The molecule has 0 spiro atoms. The van der Waals surface area contributed by atoms with Crippen molar-refractivity contribution in [2.24, 2.45) is 5.92 Å². The standard InChI is InChI=1S/C18H22FN3O.2C2HF3O2/c19-16-5-3-13(4-6-16)9-20-10-17-18-15(7-8-23-17)12-22(21-18)11-14-1-2-14;2*3-2(4,5)1(6)7/h3-6,12,14,17,20H,1-2,7-11H2;2*(H,6,7). The Labute approximate surface area is 206 Å². The van der Waals surface area contributed by atoms with Gasteiger partial charge >= 0.3 is 24.3 Å². The summed E-state index contributed by atoms with van der Waals surface area (Å²) in [6.07, 6.45) is -4.33. The first-order chi connectivity index (χ1) is 17.2. The van der Waals surface area contributed by atoms with Gasteiger partial charge in [-0.3, -0.25) is 4.68 Å². The van der Waals surface area contributed by atoms with Crippen LogP contribution in [0.3, 0.4) is 0 Å². The van der Waals surface area contributed by atoms with E-state index in [9.17, 15) is 30.7 Å². The van der Waals surface area contributed by atoms with Crippen molar-refractivity contribution in [3.63, 3.8) is 0 Å². The van der Waals surface area contributed by atoms with E-state index in [0.717, 1.165) is 43.3 Å². The monoisotopic (exact) mass is 543 g/mol. The highest BCUT2D eigenvalue weighted by molar-refractivity contribution is 5.73. The molecule has 4 rings (SSSR count). The van der Waals surface area contributed by atoms with Crippen molar-refractivity contribution in [1.82, 2.24) is 15.1 Å². The maximum absolute atomic E-state index is 12.9. The average molecular weight is 543 g/mol. The zero-order chi connectivity index (χ0) is 27.8. The summed E-state index contributed by atoms with van der Waals surface area (Å²) in [5.74, 6) is -4.89. The number of aromatic nitrogens is 2. The Bertz CT molecular complexity index is 1010. The van der Waals surface area contributed by atoms with Gasteiger partial charge in [0.2, 0.25) is 0 Å². The van der Waals surface area contributed by atoms with Gasteiger partial charge in [-0.05, 0) is 48.4 Å². The quantitative estimate of drug-likeness (QED) is 0.470. The van der Waals surface area contributed by atoms with Gasteiger partial charge in [-0.25, -0.2) is 14.0 Å². The van der Waals surface area contributed by atoms with E-state index in [4.69, 9.17) is 29.6 Å². The van der Waals surface area contributed by atoms with Crippen molar-refractivity contribution in [3.8, 4) is 0 Å². The lowest BCUT2D eigenvalue weighted by molar-refractivity contribution is -0.193. The molecule has 1 atom stereocenters. The van der Waals surface area contributed by atoms with Crippen LogP contribution in [-0.4, -0.2) is 57.4 Å². The van der Waals surface area contributed by atoms with Gasteiger partial charge in [0.1, 0.15) is 11.9 Å². The molecule has 1 unspecified atom stereocenters. The Balaban J connectivity index is 0.000000286. The fraction of sp³-hybridized carbons (Fsp3) is 0.500. The van der Waals surface area contributed by atoms with Gasteiger partial charge in [-0.2, -0.15) is 31.4 Å². The zero-order valence-electron chi connectivity index (χ0n) is 19.2. The zero-order valence-corrected chi connectivity index (χ0v) is 19.2. The molecule has 2 aromatic rings. The number of fused-ring (bicyclic) bond motifs is 1. The van der Waals surface area contributed by atoms with Crippen LogP contribution < -0.4 is 5.32 Å². The number of carboxylic acid groups (broad SMARTS) is 2. The van der Waals surface area contributed by atoms with Crippen LogP contribution in [0.15, 0.2) is 30.5 Å². The number of nitrogens with one attached hydrogen (secondary N) is 1. The molecule has 1 aromatic carbocycles. The molecule has 1 fully saturated rings. The molecule has 0 amide bonds. The highest BCUT2D eigenvalue weighted by atomic mass is 19.4. The molecule has 8 nitrogen and oxygen atoms in total. The number of rotatable bonds is 6. The summed E-state index contributed by atoms with van der Waals surface area (Å²) in [5.41, 5.74) is 3.48. The molecule has 1 aromatic heterocycles. The maximum Gasteiger partial charge on any atom is 0.490 e. The summed E-state index contributed by atoms with van der Waals surface area (Å²) in [5, 5.41) is 22.4. The third-order valence-electron chi connectivity index (χ3n) is 5.06. The fourth-order valence-corrected chi connectivity index (χ4v) is 3.10. The van der Waals surface area contributed by atoms with Gasteiger partial charge in [0.05, 0.1) is 12.3 Å². The Morgan fingerprint density at radius 2 is 1.57 bits per heavy atom. The number of carboxylic acids is 2. The van der Waals surface area contributed by atoms with Gasteiger partial charge in [0.25, 0.3) is 0 Å². The summed E-state index contributed by atoms with van der Waals surface area (Å²) in [6.45, 7) is 3.23. The van der Waals surface area contributed by atoms with E-state index in [1.807, 2.05) is 0 Å². The lowest BCUT2D eigenvalue weighted by Crippen LogP contribution is -2.27. The van der Waals surface area contributed by atoms with E-state index in [-0.39, 0.29) is 11.9 Å². The number of carbonyl (C=O) groups is 2. The number of aliphatic carboxylic acids is 2. The first kappa shape index (κ1) is 30.0. The minimum Gasteiger partial charge on any atom is -0.475 e. The highest BCUT2D eigenvalue weighted by Crippen LogP contribution is 2.32. The average Bonchev–Trinajstić information content (AvgIpc) is 3.50. The van der Waals surface area contributed by atoms with Gasteiger partial charge < -0.3 is 20.3 Å². The summed E-state index contributed by atoms with van der Waals surface area (Å²) >= 11 is 0. The molecular weight excluding hydrogens is 519 g/mol. The van der Waals surface area contributed by atoms with Crippen LogP contribution in [-0.2, 0) is 33.8 Å². The lowest BCUT2D eigenvalue weighted by atomic mass is 10.1. The highest BCUT2D eigenvalue weighted by Gasteiger charge is 2.38. The Hall–Kier alpha value is -3.20. The van der Waals surface area contributed by atoms with Gasteiger partial charge in [-0.15, -0.1) is 0 Å². The number of hydrogen-bond acceptors (Lipinski definition) is 5. The van der Waals surface area contributed by atoms with E-state index in [1.54, 1.807) is 12.1 Å². The van der Waals surface area contributed by atoms with Gasteiger partial charge in [0.15, 0.2) is 0 Å². The maximum atomic E-state index is 12.9. The van der Waals surface area contributed by atoms with Crippen molar-refractivity contribution in [3.05, 3.63) is 53.1 Å². The number of hydrogen-bond donors (Lipinski definition) is 3. The molecule has 1 saturated carbocycles.